The Morgan fingerprint density at radius 1 is 1.73 bits per heavy atom. The highest BCUT2D eigenvalue weighted by atomic mass is 15.0. The fourth-order valence-electron chi connectivity index (χ4n) is 0.922. The van der Waals surface area contributed by atoms with E-state index in [0.29, 0.717) is 6.04 Å². The smallest absolute Gasteiger partial charge is 0.0950 e. The highest BCUT2D eigenvalue weighted by molar-refractivity contribution is 5.01. The molecule has 1 rings (SSSR count). The molecule has 0 radical (unpaired) electrons. The zero-order valence-corrected chi connectivity index (χ0v) is 7.33. The first-order chi connectivity index (χ1) is 5.27. The maximum Gasteiger partial charge on any atom is 0.0950 e. The van der Waals surface area contributed by atoms with Crippen LogP contribution in [-0.4, -0.2) is 16.6 Å². The van der Waals surface area contributed by atoms with E-state index in [0.717, 1.165) is 12.2 Å². The molecule has 1 heterocycles. The molecule has 0 saturated heterocycles. The van der Waals surface area contributed by atoms with Gasteiger partial charge in [0.2, 0.25) is 0 Å². The highest BCUT2D eigenvalue weighted by Crippen LogP contribution is 2.07. The van der Waals surface area contributed by atoms with Crippen LogP contribution in [0.5, 0.6) is 0 Å². The van der Waals surface area contributed by atoms with E-state index in [1.54, 1.807) is 0 Å². The second-order valence-electron chi connectivity index (χ2n) is 2.64. The number of hydrogen-bond donors (Lipinski definition) is 1. The molecule has 0 aliphatic rings. The molecule has 0 spiro atoms. The maximum absolute atomic E-state index is 4.26. The van der Waals surface area contributed by atoms with E-state index in [2.05, 4.69) is 34.9 Å². The lowest BCUT2D eigenvalue weighted by molar-refractivity contribution is 0.634. The van der Waals surface area contributed by atoms with Gasteiger partial charge in [-0.05, 0) is 20.9 Å². The van der Waals surface area contributed by atoms with Gasteiger partial charge in [0.1, 0.15) is 0 Å². The van der Waals surface area contributed by atoms with E-state index in [9.17, 15) is 0 Å². The standard InChI is InChI=1S/C8H15N3/c1-4-11-5-8(10-6-11)7(2)9-3/h5-7,9H,4H2,1-3H3. The van der Waals surface area contributed by atoms with Crippen molar-refractivity contribution in [2.24, 2.45) is 0 Å². The Morgan fingerprint density at radius 2 is 2.45 bits per heavy atom. The van der Waals surface area contributed by atoms with Crippen LogP contribution in [0.15, 0.2) is 12.5 Å². The molecule has 3 heteroatoms. The van der Waals surface area contributed by atoms with E-state index < -0.39 is 0 Å². The molecule has 0 bridgehead atoms. The quantitative estimate of drug-likeness (QED) is 0.706. The van der Waals surface area contributed by atoms with Gasteiger partial charge in [-0.25, -0.2) is 4.98 Å². The Hall–Kier alpha value is -0.830. The van der Waals surface area contributed by atoms with Crippen LogP contribution in [0.4, 0.5) is 0 Å². The van der Waals surface area contributed by atoms with Crippen molar-refractivity contribution in [1.29, 1.82) is 0 Å². The summed E-state index contributed by atoms with van der Waals surface area (Å²) in [6, 6.07) is 0.350. The molecule has 0 amide bonds. The summed E-state index contributed by atoms with van der Waals surface area (Å²) in [7, 11) is 1.94. The fourth-order valence-corrected chi connectivity index (χ4v) is 0.922. The highest BCUT2D eigenvalue weighted by Gasteiger charge is 2.04. The van der Waals surface area contributed by atoms with Crippen molar-refractivity contribution in [1.82, 2.24) is 14.9 Å². The molecule has 0 fully saturated rings. The summed E-state index contributed by atoms with van der Waals surface area (Å²) in [6.07, 6.45) is 3.93. The Bertz CT molecular complexity index is 217. The van der Waals surface area contributed by atoms with Crippen molar-refractivity contribution in [3.8, 4) is 0 Å². The van der Waals surface area contributed by atoms with Crippen LogP contribution in [0.1, 0.15) is 25.6 Å². The predicted molar refractivity (Wildman–Crippen MR) is 45.4 cm³/mol. The first-order valence-electron chi connectivity index (χ1n) is 3.96. The molecular formula is C8H15N3. The molecular weight excluding hydrogens is 138 g/mol. The Morgan fingerprint density at radius 3 is 2.91 bits per heavy atom. The zero-order valence-electron chi connectivity index (χ0n) is 7.33. The molecule has 0 aliphatic heterocycles. The molecule has 0 saturated carbocycles. The molecule has 1 aromatic heterocycles. The van der Waals surface area contributed by atoms with E-state index in [1.807, 2.05) is 13.4 Å². The van der Waals surface area contributed by atoms with Gasteiger partial charge in [-0.15, -0.1) is 0 Å². The number of nitrogens with one attached hydrogen (secondary N) is 1. The molecule has 1 N–H and O–H groups in total. The number of nitrogens with zero attached hydrogens (tertiary/aromatic N) is 2. The van der Waals surface area contributed by atoms with Gasteiger partial charge >= 0.3 is 0 Å². The lowest BCUT2D eigenvalue weighted by Crippen LogP contribution is -2.12. The van der Waals surface area contributed by atoms with E-state index in [4.69, 9.17) is 0 Å². The van der Waals surface area contributed by atoms with Crippen molar-refractivity contribution in [3.63, 3.8) is 0 Å². The van der Waals surface area contributed by atoms with E-state index >= 15 is 0 Å². The number of imidazole rings is 1. The Labute approximate surface area is 67.4 Å². The molecule has 1 aromatic rings. The minimum absolute atomic E-state index is 0.350. The number of aryl methyl sites for hydroxylation is 1. The third-order valence-electron chi connectivity index (χ3n) is 1.90. The Kier molecular flexibility index (Phi) is 2.65. The second kappa shape index (κ2) is 3.53. The monoisotopic (exact) mass is 153 g/mol. The largest absolute Gasteiger partial charge is 0.337 e. The van der Waals surface area contributed by atoms with Gasteiger partial charge in [-0.2, -0.15) is 0 Å². The van der Waals surface area contributed by atoms with Crippen molar-refractivity contribution < 1.29 is 0 Å². The third kappa shape index (κ3) is 1.80. The minimum Gasteiger partial charge on any atom is -0.337 e. The number of hydrogen-bond acceptors (Lipinski definition) is 2. The summed E-state index contributed by atoms with van der Waals surface area (Å²) in [6.45, 7) is 5.20. The Balaban J connectivity index is 2.71. The van der Waals surface area contributed by atoms with Gasteiger partial charge in [0, 0.05) is 18.8 Å². The summed E-state index contributed by atoms with van der Waals surface area (Å²) in [4.78, 5) is 4.26. The van der Waals surface area contributed by atoms with Gasteiger partial charge in [-0.1, -0.05) is 0 Å². The molecule has 11 heavy (non-hydrogen) atoms. The van der Waals surface area contributed by atoms with Gasteiger partial charge in [0.15, 0.2) is 0 Å². The lowest BCUT2D eigenvalue weighted by Gasteiger charge is -2.04. The van der Waals surface area contributed by atoms with Gasteiger partial charge in [-0.3, -0.25) is 0 Å². The molecule has 3 nitrogen and oxygen atoms in total. The average Bonchev–Trinajstić information content (AvgIpc) is 2.50. The van der Waals surface area contributed by atoms with Crippen LogP contribution >= 0.6 is 0 Å². The average molecular weight is 153 g/mol. The fraction of sp³-hybridized carbons (Fsp3) is 0.625. The molecule has 1 unspecified atom stereocenters. The number of rotatable bonds is 3. The normalized spacial score (nSPS) is 13.4. The lowest BCUT2D eigenvalue weighted by atomic mass is 10.3. The summed E-state index contributed by atoms with van der Waals surface area (Å²) in [5, 5.41) is 3.14. The van der Waals surface area contributed by atoms with Crippen LogP contribution in [-0.2, 0) is 6.54 Å². The second-order valence-corrected chi connectivity index (χ2v) is 2.64. The maximum atomic E-state index is 4.26. The van der Waals surface area contributed by atoms with Gasteiger partial charge in [0.05, 0.1) is 12.0 Å². The SMILES string of the molecule is CCn1cnc(C(C)NC)c1. The molecule has 0 aromatic carbocycles. The van der Waals surface area contributed by atoms with Crippen LogP contribution in [0.25, 0.3) is 0 Å². The van der Waals surface area contributed by atoms with Crippen molar-refractivity contribution in [3.05, 3.63) is 18.2 Å². The van der Waals surface area contributed by atoms with Crippen LogP contribution < -0.4 is 5.32 Å². The summed E-state index contributed by atoms with van der Waals surface area (Å²) >= 11 is 0. The van der Waals surface area contributed by atoms with Crippen molar-refractivity contribution >= 4 is 0 Å². The molecule has 1 atom stereocenters. The first kappa shape index (κ1) is 8.27. The summed E-state index contributed by atoms with van der Waals surface area (Å²) in [5.74, 6) is 0. The van der Waals surface area contributed by atoms with Gasteiger partial charge in [0.25, 0.3) is 0 Å². The molecule has 0 aliphatic carbocycles. The van der Waals surface area contributed by atoms with E-state index in [1.165, 1.54) is 0 Å². The predicted octanol–water partition coefficient (Wildman–Crippen LogP) is 1.18. The van der Waals surface area contributed by atoms with Gasteiger partial charge < -0.3 is 9.88 Å². The minimum atomic E-state index is 0.350. The van der Waals surface area contributed by atoms with Crippen LogP contribution in [0.3, 0.4) is 0 Å². The van der Waals surface area contributed by atoms with Crippen molar-refractivity contribution in [2.75, 3.05) is 7.05 Å². The van der Waals surface area contributed by atoms with Crippen LogP contribution in [0, 0.1) is 0 Å². The van der Waals surface area contributed by atoms with E-state index in [-0.39, 0.29) is 0 Å². The topological polar surface area (TPSA) is 29.9 Å². The number of aromatic nitrogens is 2. The van der Waals surface area contributed by atoms with Crippen molar-refractivity contribution in [2.45, 2.75) is 26.4 Å². The zero-order chi connectivity index (χ0) is 8.27. The summed E-state index contributed by atoms with van der Waals surface area (Å²) in [5.41, 5.74) is 1.11. The molecule has 62 valence electrons. The third-order valence-corrected chi connectivity index (χ3v) is 1.90. The summed E-state index contributed by atoms with van der Waals surface area (Å²) < 4.78 is 2.07. The first-order valence-corrected chi connectivity index (χ1v) is 3.96. The van der Waals surface area contributed by atoms with Crippen LogP contribution in [0.2, 0.25) is 0 Å².